The van der Waals surface area contributed by atoms with Gasteiger partial charge in [-0.15, -0.1) is 0 Å². The van der Waals surface area contributed by atoms with E-state index in [1.54, 1.807) is 0 Å². The predicted molar refractivity (Wildman–Crippen MR) is 55.3 cm³/mol. The van der Waals surface area contributed by atoms with E-state index in [1.165, 1.54) is 18.2 Å². The van der Waals surface area contributed by atoms with Crippen molar-refractivity contribution in [1.82, 2.24) is 4.98 Å². The van der Waals surface area contributed by atoms with Crippen LogP contribution in [0.5, 0.6) is 0 Å². The number of H-pyrrole nitrogens is 1. The molecule has 2 rings (SSSR count). The van der Waals surface area contributed by atoms with Crippen molar-refractivity contribution < 1.29 is 23.1 Å². The van der Waals surface area contributed by atoms with E-state index in [1.807, 2.05) is 4.98 Å². The first kappa shape index (κ1) is 11.8. The van der Waals surface area contributed by atoms with Gasteiger partial charge in [0, 0.05) is 15.9 Å². The number of aromatic amines is 1. The van der Waals surface area contributed by atoms with Gasteiger partial charge in [-0.25, -0.2) is 4.79 Å². The number of alkyl halides is 3. The highest BCUT2D eigenvalue weighted by Gasteiger charge is 2.38. The Balaban J connectivity index is 2.84. The summed E-state index contributed by atoms with van der Waals surface area (Å²) in [4.78, 5) is 12.9. The quantitative estimate of drug-likeness (QED) is 0.827. The lowest BCUT2D eigenvalue weighted by molar-refractivity contribution is -0.141. The highest BCUT2D eigenvalue weighted by Crippen LogP contribution is 2.36. The van der Waals surface area contributed by atoms with Crippen molar-refractivity contribution in [3.8, 4) is 0 Å². The lowest BCUT2D eigenvalue weighted by Gasteiger charge is -2.04. The summed E-state index contributed by atoms with van der Waals surface area (Å²) in [6, 6.07) is 3.83. The number of nitrogens with one attached hydrogen (secondary N) is 1. The van der Waals surface area contributed by atoms with Gasteiger partial charge in [0.2, 0.25) is 0 Å². The van der Waals surface area contributed by atoms with Crippen LogP contribution in [0.4, 0.5) is 13.2 Å². The van der Waals surface area contributed by atoms with Crippen LogP contribution in [0.1, 0.15) is 16.1 Å². The van der Waals surface area contributed by atoms with Crippen LogP contribution < -0.4 is 0 Å². The smallest absolute Gasteiger partial charge is 0.432 e. The lowest BCUT2D eigenvalue weighted by Crippen LogP contribution is -2.11. The molecular formula is C10H5ClF3NO2. The Morgan fingerprint density at radius 2 is 2.00 bits per heavy atom. The fraction of sp³-hybridized carbons (Fsp3) is 0.100. The molecule has 2 aromatic rings. The molecule has 2 N–H and O–H groups in total. The molecule has 1 aromatic heterocycles. The third kappa shape index (κ3) is 1.95. The molecule has 0 radical (unpaired) electrons. The maximum Gasteiger partial charge on any atom is 0.432 e. The number of hydrogen-bond acceptors (Lipinski definition) is 1. The molecule has 0 fully saturated rings. The Kier molecular flexibility index (Phi) is 2.54. The van der Waals surface area contributed by atoms with Crippen LogP contribution in [0, 0.1) is 0 Å². The lowest BCUT2D eigenvalue weighted by atomic mass is 10.1. The monoisotopic (exact) mass is 263 g/mol. The molecule has 1 aromatic carbocycles. The molecule has 0 saturated heterocycles. The maximum atomic E-state index is 12.6. The molecule has 3 nitrogen and oxygen atoms in total. The molecular weight excluding hydrogens is 259 g/mol. The van der Waals surface area contributed by atoms with Crippen molar-refractivity contribution in [3.05, 3.63) is 34.5 Å². The van der Waals surface area contributed by atoms with Crippen LogP contribution in [0.2, 0.25) is 5.02 Å². The normalized spacial score (nSPS) is 12.0. The number of hydrogen-bond donors (Lipinski definition) is 2. The first-order valence-electron chi connectivity index (χ1n) is 4.42. The fourth-order valence-electron chi connectivity index (χ4n) is 1.60. The summed E-state index contributed by atoms with van der Waals surface area (Å²) in [7, 11) is 0. The zero-order valence-corrected chi connectivity index (χ0v) is 8.86. The molecule has 0 aliphatic carbocycles. The van der Waals surface area contributed by atoms with Crippen molar-refractivity contribution >= 4 is 28.5 Å². The Hall–Kier alpha value is -1.69. The molecule has 7 heteroatoms. The van der Waals surface area contributed by atoms with Crippen LogP contribution in [-0.4, -0.2) is 16.1 Å². The number of halogens is 4. The van der Waals surface area contributed by atoms with Crippen LogP contribution >= 0.6 is 11.6 Å². The number of aromatic nitrogens is 1. The fourth-order valence-corrected chi connectivity index (χ4v) is 1.78. The minimum Gasteiger partial charge on any atom is -0.478 e. The van der Waals surface area contributed by atoms with E-state index in [2.05, 4.69) is 0 Å². The molecule has 0 spiro atoms. The molecule has 0 bridgehead atoms. The van der Waals surface area contributed by atoms with Crippen molar-refractivity contribution in [1.29, 1.82) is 0 Å². The van der Waals surface area contributed by atoms with Crippen LogP contribution in [0.25, 0.3) is 10.9 Å². The summed E-state index contributed by atoms with van der Waals surface area (Å²) in [5, 5.41) is 9.04. The van der Waals surface area contributed by atoms with Gasteiger partial charge in [0.1, 0.15) is 5.69 Å². The van der Waals surface area contributed by atoms with Crippen LogP contribution in [0.3, 0.4) is 0 Å². The minimum atomic E-state index is -4.75. The van der Waals surface area contributed by atoms with Gasteiger partial charge in [0.15, 0.2) is 0 Å². The largest absolute Gasteiger partial charge is 0.478 e. The molecule has 0 amide bonds. The second kappa shape index (κ2) is 3.66. The second-order valence-corrected chi connectivity index (χ2v) is 3.80. The van der Waals surface area contributed by atoms with Crippen molar-refractivity contribution in [2.24, 2.45) is 0 Å². The number of aromatic carboxylic acids is 1. The number of benzene rings is 1. The van der Waals surface area contributed by atoms with Gasteiger partial charge in [0.05, 0.1) is 5.56 Å². The van der Waals surface area contributed by atoms with E-state index in [0.717, 1.165) is 0 Å². The van der Waals surface area contributed by atoms with E-state index in [9.17, 15) is 18.0 Å². The Bertz CT molecular complexity index is 603. The molecule has 0 atom stereocenters. The van der Waals surface area contributed by atoms with Crippen LogP contribution in [0.15, 0.2) is 18.2 Å². The van der Waals surface area contributed by atoms with Crippen LogP contribution in [-0.2, 0) is 6.18 Å². The van der Waals surface area contributed by atoms with Gasteiger partial charge >= 0.3 is 12.1 Å². The summed E-state index contributed by atoms with van der Waals surface area (Å²) in [6.07, 6.45) is -4.75. The summed E-state index contributed by atoms with van der Waals surface area (Å²) in [6.45, 7) is 0. The van der Waals surface area contributed by atoms with Gasteiger partial charge in [-0.05, 0) is 12.1 Å². The van der Waals surface area contributed by atoms with Gasteiger partial charge in [-0.3, -0.25) is 0 Å². The summed E-state index contributed by atoms with van der Waals surface area (Å²) in [5.41, 5.74) is -2.02. The predicted octanol–water partition coefficient (Wildman–Crippen LogP) is 3.54. The first-order chi connectivity index (χ1) is 7.80. The van der Waals surface area contributed by atoms with E-state index in [0.29, 0.717) is 0 Å². The summed E-state index contributed by atoms with van der Waals surface area (Å²) >= 11 is 5.63. The molecule has 17 heavy (non-hydrogen) atoms. The second-order valence-electron chi connectivity index (χ2n) is 3.37. The highest BCUT2D eigenvalue weighted by molar-refractivity contribution is 6.31. The molecule has 0 aliphatic rings. The standard InChI is InChI=1S/C10H5ClF3NO2/c11-4-1-2-5-6(3-4)15-8(10(12,13)14)7(5)9(16)17/h1-3,15H,(H,16,17). The summed E-state index contributed by atoms with van der Waals surface area (Å²) < 4.78 is 37.9. The zero-order valence-electron chi connectivity index (χ0n) is 8.10. The molecule has 0 saturated carbocycles. The number of carboxylic acids is 1. The van der Waals surface area contributed by atoms with Gasteiger partial charge in [0.25, 0.3) is 0 Å². The van der Waals surface area contributed by atoms with Gasteiger partial charge < -0.3 is 10.1 Å². The van der Waals surface area contributed by atoms with E-state index in [-0.39, 0.29) is 15.9 Å². The molecule has 0 unspecified atom stereocenters. The summed E-state index contributed by atoms with van der Waals surface area (Å²) in [5.74, 6) is -1.63. The first-order valence-corrected chi connectivity index (χ1v) is 4.80. The van der Waals surface area contributed by atoms with Crippen molar-refractivity contribution in [2.75, 3.05) is 0 Å². The SMILES string of the molecule is O=C(O)c1c(C(F)(F)F)[nH]c2cc(Cl)ccc12. The van der Waals surface area contributed by atoms with Crippen molar-refractivity contribution in [3.63, 3.8) is 0 Å². The number of rotatable bonds is 1. The van der Waals surface area contributed by atoms with Gasteiger partial charge in [-0.2, -0.15) is 13.2 Å². The topological polar surface area (TPSA) is 53.1 Å². The Morgan fingerprint density at radius 3 is 2.53 bits per heavy atom. The molecule has 1 heterocycles. The number of carbonyl (C=O) groups is 1. The van der Waals surface area contributed by atoms with E-state index < -0.39 is 23.4 Å². The third-order valence-corrected chi connectivity index (χ3v) is 2.49. The number of carboxylic acid groups (broad SMARTS) is 1. The zero-order chi connectivity index (χ0) is 12.8. The minimum absolute atomic E-state index is 0.0192. The maximum absolute atomic E-state index is 12.6. The van der Waals surface area contributed by atoms with Crippen molar-refractivity contribution in [2.45, 2.75) is 6.18 Å². The Labute approximate surface area is 97.8 Å². The van der Waals surface area contributed by atoms with Gasteiger partial charge in [-0.1, -0.05) is 17.7 Å². The molecule has 0 aliphatic heterocycles. The average molecular weight is 264 g/mol. The highest BCUT2D eigenvalue weighted by atomic mass is 35.5. The number of fused-ring (bicyclic) bond motifs is 1. The van der Waals surface area contributed by atoms with E-state index >= 15 is 0 Å². The Morgan fingerprint density at radius 1 is 1.35 bits per heavy atom. The molecule has 90 valence electrons. The average Bonchev–Trinajstić information content (AvgIpc) is 2.55. The third-order valence-electron chi connectivity index (χ3n) is 2.26. The van der Waals surface area contributed by atoms with E-state index in [4.69, 9.17) is 16.7 Å².